The molecule has 19 heavy (non-hydrogen) atoms. The Morgan fingerprint density at radius 3 is 2.58 bits per heavy atom. The van der Waals surface area contributed by atoms with Crippen LogP contribution >= 0.6 is 0 Å². The van der Waals surface area contributed by atoms with E-state index in [-0.39, 0.29) is 5.56 Å². The standard InChI is InChI=1S/C16H12FNO/c17-15-10-18-9-8-14(15)16(19)13-7-3-5-11-4-1-2-6-12(11)13/h1-10,16,19H. The molecular formula is C16H12FNO. The molecule has 3 heteroatoms. The Balaban J connectivity index is 2.17. The largest absolute Gasteiger partial charge is 0.384 e. The average molecular weight is 253 g/mol. The lowest BCUT2D eigenvalue weighted by Gasteiger charge is -2.14. The van der Waals surface area contributed by atoms with Gasteiger partial charge in [-0.2, -0.15) is 0 Å². The molecule has 2 nitrogen and oxygen atoms in total. The van der Waals surface area contributed by atoms with E-state index in [9.17, 15) is 9.50 Å². The predicted octanol–water partition coefficient (Wildman–Crippen LogP) is 3.46. The highest BCUT2D eigenvalue weighted by atomic mass is 19.1. The van der Waals surface area contributed by atoms with Gasteiger partial charge in [0.25, 0.3) is 0 Å². The molecule has 0 spiro atoms. The third kappa shape index (κ3) is 2.09. The first-order valence-electron chi connectivity index (χ1n) is 6.02. The van der Waals surface area contributed by atoms with Gasteiger partial charge in [0.05, 0.1) is 6.20 Å². The van der Waals surface area contributed by atoms with Gasteiger partial charge in [-0.3, -0.25) is 4.98 Å². The van der Waals surface area contributed by atoms with Gasteiger partial charge in [-0.25, -0.2) is 4.39 Å². The molecule has 1 N–H and O–H groups in total. The summed E-state index contributed by atoms with van der Waals surface area (Å²) in [6.07, 6.45) is 1.60. The van der Waals surface area contributed by atoms with Gasteiger partial charge in [-0.05, 0) is 22.4 Å². The Morgan fingerprint density at radius 2 is 1.74 bits per heavy atom. The van der Waals surface area contributed by atoms with Crippen LogP contribution in [0.25, 0.3) is 10.8 Å². The smallest absolute Gasteiger partial charge is 0.147 e. The summed E-state index contributed by atoms with van der Waals surface area (Å²) in [6.45, 7) is 0. The van der Waals surface area contributed by atoms with Crippen LogP contribution in [-0.2, 0) is 0 Å². The number of nitrogens with zero attached hydrogens (tertiary/aromatic N) is 1. The number of halogens is 1. The summed E-state index contributed by atoms with van der Waals surface area (Å²) in [5.41, 5.74) is 0.939. The number of fused-ring (bicyclic) bond motifs is 1. The second kappa shape index (κ2) is 4.78. The molecule has 1 heterocycles. The second-order valence-electron chi connectivity index (χ2n) is 4.37. The summed E-state index contributed by atoms with van der Waals surface area (Å²) in [5, 5.41) is 12.3. The Hall–Kier alpha value is -2.26. The van der Waals surface area contributed by atoms with E-state index < -0.39 is 11.9 Å². The van der Waals surface area contributed by atoms with Crippen LogP contribution in [0.4, 0.5) is 4.39 Å². The number of hydrogen-bond donors (Lipinski definition) is 1. The molecule has 0 amide bonds. The van der Waals surface area contributed by atoms with Gasteiger partial charge in [0.1, 0.15) is 11.9 Å². The zero-order valence-electron chi connectivity index (χ0n) is 10.1. The molecule has 3 aromatic rings. The topological polar surface area (TPSA) is 33.1 Å². The van der Waals surface area contributed by atoms with Gasteiger partial charge in [0, 0.05) is 11.8 Å². The minimum absolute atomic E-state index is 0.242. The first-order chi connectivity index (χ1) is 9.27. The SMILES string of the molecule is OC(c1ccncc1F)c1cccc2ccccc12. The number of hydrogen-bond acceptors (Lipinski definition) is 2. The first-order valence-corrected chi connectivity index (χ1v) is 6.02. The van der Waals surface area contributed by atoms with Crippen molar-refractivity contribution >= 4 is 10.8 Å². The lowest BCUT2D eigenvalue weighted by atomic mass is 9.96. The molecule has 0 fully saturated rings. The van der Waals surface area contributed by atoms with Gasteiger partial charge in [0.15, 0.2) is 0 Å². The lowest BCUT2D eigenvalue weighted by molar-refractivity contribution is 0.216. The third-order valence-corrected chi connectivity index (χ3v) is 3.22. The van der Waals surface area contributed by atoms with E-state index >= 15 is 0 Å². The fourth-order valence-corrected chi connectivity index (χ4v) is 2.26. The minimum atomic E-state index is -0.992. The average Bonchev–Trinajstić information content (AvgIpc) is 2.46. The summed E-state index contributed by atoms with van der Waals surface area (Å²) in [4.78, 5) is 3.70. The van der Waals surface area contributed by atoms with Crippen molar-refractivity contribution in [2.75, 3.05) is 0 Å². The molecule has 0 bridgehead atoms. The molecule has 1 unspecified atom stereocenters. The molecule has 0 aliphatic carbocycles. The Morgan fingerprint density at radius 1 is 0.947 bits per heavy atom. The molecule has 3 rings (SSSR count). The van der Waals surface area contributed by atoms with Gasteiger partial charge in [-0.15, -0.1) is 0 Å². The van der Waals surface area contributed by atoms with Crippen LogP contribution in [0.5, 0.6) is 0 Å². The molecule has 0 saturated heterocycles. The molecular weight excluding hydrogens is 241 g/mol. The van der Waals surface area contributed by atoms with Crippen LogP contribution in [0, 0.1) is 5.82 Å². The maximum atomic E-state index is 13.7. The summed E-state index contributed by atoms with van der Waals surface area (Å²) in [7, 11) is 0. The second-order valence-corrected chi connectivity index (χ2v) is 4.37. The maximum absolute atomic E-state index is 13.7. The molecule has 1 aromatic heterocycles. The first kappa shape index (κ1) is 11.8. The van der Waals surface area contributed by atoms with Crippen molar-refractivity contribution in [1.29, 1.82) is 0 Å². The van der Waals surface area contributed by atoms with E-state index in [1.165, 1.54) is 12.3 Å². The quantitative estimate of drug-likeness (QED) is 0.758. The van der Waals surface area contributed by atoms with Crippen molar-refractivity contribution in [3.05, 3.63) is 77.9 Å². The van der Waals surface area contributed by atoms with Crippen molar-refractivity contribution in [3.63, 3.8) is 0 Å². The number of rotatable bonds is 2. The zero-order valence-corrected chi connectivity index (χ0v) is 10.1. The van der Waals surface area contributed by atoms with Crippen LogP contribution in [0.15, 0.2) is 60.9 Å². The fourth-order valence-electron chi connectivity index (χ4n) is 2.26. The number of aliphatic hydroxyl groups excluding tert-OH is 1. The van der Waals surface area contributed by atoms with E-state index in [2.05, 4.69) is 4.98 Å². The highest BCUT2D eigenvalue weighted by Gasteiger charge is 2.16. The van der Waals surface area contributed by atoms with Crippen LogP contribution in [0.1, 0.15) is 17.2 Å². The van der Waals surface area contributed by atoms with Crippen molar-refractivity contribution < 1.29 is 9.50 Å². The normalized spacial score (nSPS) is 12.5. The van der Waals surface area contributed by atoms with Gasteiger partial charge < -0.3 is 5.11 Å². The molecule has 2 aromatic carbocycles. The Labute approximate surface area is 110 Å². The van der Waals surface area contributed by atoms with Gasteiger partial charge in [0.2, 0.25) is 0 Å². The highest BCUT2D eigenvalue weighted by molar-refractivity contribution is 5.86. The van der Waals surface area contributed by atoms with Crippen molar-refractivity contribution in [3.8, 4) is 0 Å². The molecule has 0 aliphatic heterocycles. The van der Waals surface area contributed by atoms with Crippen molar-refractivity contribution in [2.45, 2.75) is 6.10 Å². The summed E-state index contributed by atoms with van der Waals surface area (Å²) in [5.74, 6) is -0.497. The molecule has 0 radical (unpaired) electrons. The van der Waals surface area contributed by atoms with Crippen LogP contribution in [0.2, 0.25) is 0 Å². The van der Waals surface area contributed by atoms with Gasteiger partial charge in [-0.1, -0.05) is 42.5 Å². The maximum Gasteiger partial charge on any atom is 0.147 e. The van der Waals surface area contributed by atoms with Crippen LogP contribution < -0.4 is 0 Å². The minimum Gasteiger partial charge on any atom is -0.384 e. The number of benzene rings is 2. The van der Waals surface area contributed by atoms with E-state index in [1.54, 1.807) is 0 Å². The predicted molar refractivity (Wildman–Crippen MR) is 72.2 cm³/mol. The third-order valence-electron chi connectivity index (χ3n) is 3.22. The lowest BCUT2D eigenvalue weighted by Crippen LogP contribution is -2.03. The van der Waals surface area contributed by atoms with E-state index in [0.29, 0.717) is 5.56 Å². The molecule has 0 aliphatic rings. The number of pyridine rings is 1. The van der Waals surface area contributed by atoms with E-state index in [0.717, 1.165) is 17.0 Å². The van der Waals surface area contributed by atoms with E-state index in [4.69, 9.17) is 0 Å². The monoisotopic (exact) mass is 253 g/mol. The van der Waals surface area contributed by atoms with E-state index in [1.807, 2.05) is 42.5 Å². The summed E-state index contributed by atoms with van der Waals surface area (Å²) in [6, 6.07) is 14.9. The number of aromatic nitrogens is 1. The Bertz CT molecular complexity index is 721. The highest BCUT2D eigenvalue weighted by Crippen LogP contribution is 2.29. The van der Waals surface area contributed by atoms with Gasteiger partial charge >= 0.3 is 0 Å². The molecule has 94 valence electrons. The van der Waals surface area contributed by atoms with Crippen LogP contribution in [-0.4, -0.2) is 10.1 Å². The summed E-state index contributed by atoms with van der Waals surface area (Å²) >= 11 is 0. The van der Waals surface area contributed by atoms with Crippen LogP contribution in [0.3, 0.4) is 0 Å². The molecule has 0 saturated carbocycles. The van der Waals surface area contributed by atoms with Crippen molar-refractivity contribution in [1.82, 2.24) is 4.98 Å². The number of aliphatic hydroxyl groups is 1. The molecule has 1 atom stereocenters. The fraction of sp³-hybridized carbons (Fsp3) is 0.0625. The summed E-state index contributed by atoms with van der Waals surface area (Å²) < 4.78 is 13.7. The Kier molecular flexibility index (Phi) is 2.97. The van der Waals surface area contributed by atoms with Crippen molar-refractivity contribution in [2.24, 2.45) is 0 Å². The zero-order chi connectivity index (χ0) is 13.2.